The Balaban J connectivity index is 2.87. The predicted octanol–water partition coefficient (Wildman–Crippen LogP) is 0.589. The van der Waals surface area contributed by atoms with Gasteiger partial charge in [0.05, 0.1) is 21.3 Å². The van der Waals surface area contributed by atoms with E-state index in [1.807, 2.05) is 0 Å². The Morgan fingerprint density at radius 1 is 1.05 bits per heavy atom. The summed E-state index contributed by atoms with van der Waals surface area (Å²) >= 11 is 0. The van der Waals surface area contributed by atoms with Crippen LogP contribution < -0.4 is 10.1 Å². The monoisotopic (exact) mass is 295 g/mol. The Morgan fingerprint density at radius 3 is 2.14 bits per heavy atom. The molecular weight excluding hydrogens is 278 g/mol. The summed E-state index contributed by atoms with van der Waals surface area (Å²) in [4.78, 5) is 34.5. The van der Waals surface area contributed by atoms with Gasteiger partial charge < -0.3 is 19.5 Å². The molecule has 1 amide bonds. The van der Waals surface area contributed by atoms with Crippen molar-refractivity contribution in [3.8, 4) is 5.75 Å². The third-order valence-corrected chi connectivity index (χ3v) is 2.72. The summed E-state index contributed by atoms with van der Waals surface area (Å²) in [6.45, 7) is 0. The molecular formula is C14H17NO6. The molecule has 21 heavy (non-hydrogen) atoms. The topological polar surface area (TPSA) is 90.9 Å². The molecule has 7 heteroatoms. The molecule has 114 valence electrons. The lowest BCUT2D eigenvalue weighted by atomic mass is 10.1. The molecule has 0 aliphatic rings. The zero-order valence-corrected chi connectivity index (χ0v) is 12.0. The molecule has 0 aromatic heterocycles. The molecule has 0 aliphatic heterocycles. The second-order valence-electron chi connectivity index (χ2n) is 4.05. The summed E-state index contributed by atoms with van der Waals surface area (Å²) in [6.07, 6.45) is -0.472. The molecule has 0 saturated carbocycles. The van der Waals surface area contributed by atoms with Crippen LogP contribution in [0.1, 0.15) is 18.0 Å². The van der Waals surface area contributed by atoms with Crippen molar-refractivity contribution >= 4 is 17.8 Å². The lowest BCUT2D eigenvalue weighted by Crippen LogP contribution is -2.35. The number of benzene rings is 1. The molecule has 1 rings (SSSR count). The number of methoxy groups -OCH3 is 3. The number of carbonyl (C=O) groups is 3. The van der Waals surface area contributed by atoms with Crippen LogP contribution in [0.3, 0.4) is 0 Å². The van der Waals surface area contributed by atoms with Crippen LogP contribution in [0, 0.1) is 0 Å². The molecule has 1 N–H and O–H groups in total. The second kappa shape index (κ2) is 7.88. The highest BCUT2D eigenvalue weighted by Gasteiger charge is 2.24. The molecule has 1 aromatic carbocycles. The Kier molecular flexibility index (Phi) is 6.19. The Morgan fingerprint density at radius 2 is 1.67 bits per heavy atom. The minimum Gasteiger partial charge on any atom is -0.497 e. The highest BCUT2D eigenvalue weighted by atomic mass is 16.5. The van der Waals surface area contributed by atoms with Crippen molar-refractivity contribution in [2.24, 2.45) is 0 Å². The number of amides is 1. The number of hydrogen-bond acceptors (Lipinski definition) is 6. The maximum atomic E-state index is 11.8. The molecule has 0 bridgehead atoms. The average molecular weight is 295 g/mol. The van der Waals surface area contributed by atoms with Gasteiger partial charge >= 0.3 is 11.9 Å². The first-order valence-corrected chi connectivity index (χ1v) is 6.09. The number of rotatable bonds is 6. The smallest absolute Gasteiger partial charge is 0.333 e. The van der Waals surface area contributed by atoms with Crippen molar-refractivity contribution < 1.29 is 28.6 Å². The lowest BCUT2D eigenvalue weighted by molar-refractivity contribution is -0.148. The van der Waals surface area contributed by atoms with Crippen LogP contribution in [0.4, 0.5) is 0 Å². The fourth-order valence-corrected chi connectivity index (χ4v) is 1.61. The predicted molar refractivity (Wildman–Crippen MR) is 72.5 cm³/mol. The highest BCUT2D eigenvalue weighted by molar-refractivity contribution is 5.96. The molecule has 0 aliphatic carbocycles. The standard InChI is InChI=1S/C14H17NO6/c1-19-10-6-4-9(5-7-10)13(14(18)21-3)15-11(16)8-12(17)20-2/h4-7,13H,8H2,1-3H3,(H,15,16). The molecule has 0 radical (unpaired) electrons. The molecule has 1 aromatic rings. The largest absolute Gasteiger partial charge is 0.497 e. The summed E-state index contributed by atoms with van der Waals surface area (Å²) < 4.78 is 14.1. The van der Waals surface area contributed by atoms with Gasteiger partial charge in [-0.1, -0.05) is 12.1 Å². The average Bonchev–Trinajstić information content (AvgIpc) is 2.51. The van der Waals surface area contributed by atoms with E-state index in [0.717, 1.165) is 0 Å². The maximum absolute atomic E-state index is 11.8. The first kappa shape index (κ1) is 16.5. The molecule has 0 heterocycles. The van der Waals surface area contributed by atoms with Gasteiger partial charge in [0.1, 0.15) is 12.2 Å². The zero-order chi connectivity index (χ0) is 15.8. The summed E-state index contributed by atoms with van der Waals surface area (Å²) in [5.74, 6) is -1.35. The van der Waals surface area contributed by atoms with E-state index in [1.54, 1.807) is 24.3 Å². The summed E-state index contributed by atoms with van der Waals surface area (Å²) in [5, 5.41) is 2.43. The van der Waals surface area contributed by atoms with Gasteiger partial charge in [0.2, 0.25) is 5.91 Å². The minimum absolute atomic E-state index is 0.472. The van der Waals surface area contributed by atoms with Gasteiger partial charge in [-0.3, -0.25) is 9.59 Å². The second-order valence-corrected chi connectivity index (χ2v) is 4.05. The quantitative estimate of drug-likeness (QED) is 0.610. The summed E-state index contributed by atoms with van der Waals surface area (Å²) in [5.41, 5.74) is 0.515. The van der Waals surface area contributed by atoms with Gasteiger partial charge in [-0.15, -0.1) is 0 Å². The van der Waals surface area contributed by atoms with Crippen molar-refractivity contribution in [3.63, 3.8) is 0 Å². The van der Waals surface area contributed by atoms with Gasteiger partial charge in [0, 0.05) is 0 Å². The van der Waals surface area contributed by atoms with E-state index in [9.17, 15) is 14.4 Å². The van der Waals surface area contributed by atoms with Crippen molar-refractivity contribution in [2.75, 3.05) is 21.3 Å². The van der Waals surface area contributed by atoms with Crippen LogP contribution in [0.15, 0.2) is 24.3 Å². The van der Waals surface area contributed by atoms with Crippen LogP contribution in [-0.2, 0) is 23.9 Å². The fraction of sp³-hybridized carbons (Fsp3) is 0.357. The van der Waals surface area contributed by atoms with Gasteiger partial charge in [-0.2, -0.15) is 0 Å². The van der Waals surface area contributed by atoms with E-state index in [-0.39, 0.29) is 0 Å². The molecule has 1 unspecified atom stereocenters. The van der Waals surface area contributed by atoms with Gasteiger partial charge in [0.15, 0.2) is 6.04 Å². The Hall–Kier alpha value is -2.57. The van der Waals surface area contributed by atoms with E-state index >= 15 is 0 Å². The Bertz CT molecular complexity index is 511. The van der Waals surface area contributed by atoms with Crippen molar-refractivity contribution in [1.29, 1.82) is 0 Å². The lowest BCUT2D eigenvalue weighted by Gasteiger charge is -2.17. The van der Waals surface area contributed by atoms with E-state index in [4.69, 9.17) is 4.74 Å². The third kappa shape index (κ3) is 4.79. The third-order valence-electron chi connectivity index (χ3n) is 2.72. The van der Waals surface area contributed by atoms with Gasteiger partial charge in [0.25, 0.3) is 0 Å². The number of carbonyl (C=O) groups excluding carboxylic acids is 3. The van der Waals surface area contributed by atoms with Crippen molar-refractivity contribution in [3.05, 3.63) is 29.8 Å². The van der Waals surface area contributed by atoms with Crippen LogP contribution in [0.2, 0.25) is 0 Å². The number of nitrogens with one attached hydrogen (secondary N) is 1. The van der Waals surface area contributed by atoms with Gasteiger partial charge in [-0.05, 0) is 17.7 Å². The number of hydrogen-bond donors (Lipinski definition) is 1. The molecule has 0 spiro atoms. The molecule has 0 saturated heterocycles. The van der Waals surface area contributed by atoms with Crippen molar-refractivity contribution in [1.82, 2.24) is 5.32 Å². The molecule has 7 nitrogen and oxygen atoms in total. The van der Waals surface area contributed by atoms with Crippen LogP contribution >= 0.6 is 0 Å². The SMILES string of the molecule is COC(=O)CC(=O)NC(C(=O)OC)c1ccc(OC)cc1. The minimum atomic E-state index is -1.00. The van der Waals surface area contributed by atoms with E-state index in [0.29, 0.717) is 11.3 Å². The van der Waals surface area contributed by atoms with Gasteiger partial charge in [-0.25, -0.2) is 4.79 Å². The van der Waals surface area contributed by atoms with Crippen LogP contribution in [0.5, 0.6) is 5.75 Å². The normalized spacial score (nSPS) is 11.2. The van der Waals surface area contributed by atoms with Crippen LogP contribution in [-0.4, -0.2) is 39.2 Å². The molecule has 0 fully saturated rings. The first-order chi connectivity index (χ1) is 10.0. The number of esters is 2. The van der Waals surface area contributed by atoms with E-state index in [1.165, 1.54) is 21.3 Å². The van der Waals surface area contributed by atoms with E-state index in [2.05, 4.69) is 14.8 Å². The maximum Gasteiger partial charge on any atom is 0.333 e. The number of ether oxygens (including phenoxy) is 3. The fourth-order valence-electron chi connectivity index (χ4n) is 1.61. The summed E-state index contributed by atoms with van der Waals surface area (Å²) in [6, 6.07) is 5.55. The Labute approximate surface area is 122 Å². The first-order valence-electron chi connectivity index (χ1n) is 6.09. The van der Waals surface area contributed by atoms with Crippen LogP contribution in [0.25, 0.3) is 0 Å². The zero-order valence-electron chi connectivity index (χ0n) is 12.0. The highest BCUT2D eigenvalue weighted by Crippen LogP contribution is 2.19. The van der Waals surface area contributed by atoms with E-state index < -0.39 is 30.3 Å². The van der Waals surface area contributed by atoms with Crippen molar-refractivity contribution in [2.45, 2.75) is 12.5 Å². The molecule has 1 atom stereocenters. The summed E-state index contributed by atoms with van der Waals surface area (Å²) in [7, 11) is 3.91.